The lowest BCUT2D eigenvalue weighted by Gasteiger charge is -2.10. The summed E-state index contributed by atoms with van der Waals surface area (Å²) in [6.45, 7) is -0.318. The maximum atomic E-state index is 12.1. The molecular formula is C17H16N4O5. The highest BCUT2D eigenvalue weighted by Gasteiger charge is 2.15. The number of hydrogen-bond acceptors (Lipinski definition) is 6. The van der Waals surface area contributed by atoms with Crippen molar-refractivity contribution >= 4 is 17.5 Å². The molecule has 2 aromatic heterocycles. The zero-order valence-electron chi connectivity index (χ0n) is 14.1. The van der Waals surface area contributed by atoms with Crippen LogP contribution in [0.1, 0.15) is 10.4 Å². The average molecular weight is 356 g/mol. The zero-order valence-corrected chi connectivity index (χ0v) is 14.1. The number of furan rings is 1. The first-order valence-electron chi connectivity index (χ1n) is 7.67. The summed E-state index contributed by atoms with van der Waals surface area (Å²) in [4.78, 5) is 37.2. The quantitative estimate of drug-likeness (QED) is 0.740. The summed E-state index contributed by atoms with van der Waals surface area (Å²) in [5.74, 6) is -1.07. The molecule has 1 aromatic carbocycles. The molecule has 0 aliphatic heterocycles. The number of anilines is 1. The van der Waals surface area contributed by atoms with Crippen LogP contribution in [0, 0.1) is 0 Å². The fourth-order valence-electron chi connectivity index (χ4n) is 2.20. The molecule has 0 aliphatic carbocycles. The minimum absolute atomic E-state index is 0.000601. The molecule has 2 amide bonds. The van der Waals surface area contributed by atoms with Gasteiger partial charge in [0.25, 0.3) is 11.8 Å². The fourth-order valence-corrected chi connectivity index (χ4v) is 2.20. The van der Waals surface area contributed by atoms with Crippen molar-refractivity contribution < 1.29 is 18.4 Å². The Bertz CT molecular complexity index is 968. The summed E-state index contributed by atoms with van der Waals surface area (Å²) in [5.41, 5.74) is 0.997. The third-order valence-electron chi connectivity index (χ3n) is 3.45. The number of amides is 2. The highest BCUT2D eigenvalue weighted by atomic mass is 16.4. The van der Waals surface area contributed by atoms with Crippen molar-refractivity contribution in [2.45, 2.75) is 6.54 Å². The monoisotopic (exact) mass is 356 g/mol. The number of benzene rings is 1. The van der Waals surface area contributed by atoms with Crippen molar-refractivity contribution in [3.63, 3.8) is 0 Å². The number of carbonyl (C=O) groups excluding carboxylic acids is 2. The van der Waals surface area contributed by atoms with Gasteiger partial charge in [0.05, 0.1) is 6.26 Å². The predicted molar refractivity (Wildman–Crippen MR) is 91.6 cm³/mol. The second kappa shape index (κ2) is 7.09. The number of hydrogen-bond donors (Lipinski definition) is 1. The van der Waals surface area contributed by atoms with Gasteiger partial charge in [-0.15, -0.1) is 5.10 Å². The molecular weight excluding hydrogens is 340 g/mol. The van der Waals surface area contributed by atoms with Crippen LogP contribution in [0.15, 0.2) is 56.3 Å². The Labute approximate surface area is 147 Å². The normalized spacial score (nSPS) is 10.5. The second-order valence-corrected chi connectivity index (χ2v) is 5.63. The predicted octanol–water partition coefficient (Wildman–Crippen LogP) is 1.44. The van der Waals surface area contributed by atoms with Crippen LogP contribution < -0.4 is 11.1 Å². The van der Waals surface area contributed by atoms with E-state index < -0.39 is 11.7 Å². The van der Waals surface area contributed by atoms with Crippen molar-refractivity contribution in [1.82, 2.24) is 14.7 Å². The summed E-state index contributed by atoms with van der Waals surface area (Å²) in [7, 11) is 3.31. The van der Waals surface area contributed by atoms with Crippen LogP contribution in [-0.2, 0) is 11.3 Å². The summed E-state index contributed by atoms with van der Waals surface area (Å²) >= 11 is 0. The standard InChI is InChI=1S/C17H16N4O5/c1-20(2)16(23)11-5-7-12(8-6-11)18-14(22)10-21-17(24)26-15(19-21)13-4-3-9-25-13/h3-9H,10H2,1-2H3,(H,18,22). The lowest BCUT2D eigenvalue weighted by atomic mass is 10.2. The summed E-state index contributed by atoms with van der Waals surface area (Å²) in [6.07, 6.45) is 1.42. The molecule has 3 aromatic rings. The molecule has 0 unspecified atom stereocenters. The van der Waals surface area contributed by atoms with Gasteiger partial charge >= 0.3 is 5.76 Å². The molecule has 0 saturated heterocycles. The number of nitrogens with zero attached hydrogens (tertiary/aromatic N) is 3. The fraction of sp³-hybridized carbons (Fsp3) is 0.176. The van der Waals surface area contributed by atoms with Crippen LogP contribution in [0.3, 0.4) is 0 Å². The summed E-state index contributed by atoms with van der Waals surface area (Å²) in [6, 6.07) is 9.64. The molecule has 0 radical (unpaired) electrons. The van der Waals surface area contributed by atoms with Crippen molar-refractivity contribution in [2.24, 2.45) is 0 Å². The smallest absolute Gasteiger partial charge is 0.437 e. The van der Waals surface area contributed by atoms with Gasteiger partial charge in [-0.2, -0.15) is 4.68 Å². The van der Waals surface area contributed by atoms with Crippen LogP contribution in [0.25, 0.3) is 11.7 Å². The van der Waals surface area contributed by atoms with Crippen LogP contribution >= 0.6 is 0 Å². The highest BCUT2D eigenvalue weighted by molar-refractivity contribution is 5.95. The van der Waals surface area contributed by atoms with Crippen LogP contribution in [0.5, 0.6) is 0 Å². The van der Waals surface area contributed by atoms with Gasteiger partial charge in [0, 0.05) is 25.3 Å². The zero-order chi connectivity index (χ0) is 18.7. The molecule has 3 rings (SSSR count). The molecule has 26 heavy (non-hydrogen) atoms. The molecule has 2 heterocycles. The lowest BCUT2D eigenvalue weighted by molar-refractivity contribution is -0.117. The van der Waals surface area contributed by atoms with Crippen molar-refractivity contribution in [3.05, 3.63) is 58.8 Å². The van der Waals surface area contributed by atoms with Crippen molar-refractivity contribution in [2.75, 3.05) is 19.4 Å². The molecule has 1 N–H and O–H groups in total. The Balaban J connectivity index is 1.66. The largest absolute Gasteiger partial charge is 0.459 e. The van der Waals surface area contributed by atoms with E-state index in [4.69, 9.17) is 8.83 Å². The molecule has 0 saturated carbocycles. The van der Waals surface area contributed by atoms with Gasteiger partial charge in [0.1, 0.15) is 6.54 Å². The maximum Gasteiger partial charge on any atom is 0.437 e. The minimum atomic E-state index is -0.765. The molecule has 134 valence electrons. The van der Waals surface area contributed by atoms with Gasteiger partial charge in [-0.1, -0.05) is 0 Å². The number of aromatic nitrogens is 2. The molecule has 0 fully saturated rings. The Morgan fingerprint density at radius 2 is 1.92 bits per heavy atom. The molecule has 0 aliphatic rings. The van der Waals surface area contributed by atoms with Gasteiger partial charge in [0.15, 0.2) is 5.76 Å². The van der Waals surface area contributed by atoms with E-state index in [0.29, 0.717) is 17.0 Å². The first kappa shape index (κ1) is 17.2. The Morgan fingerprint density at radius 3 is 2.54 bits per heavy atom. The van der Waals surface area contributed by atoms with E-state index in [9.17, 15) is 14.4 Å². The number of carbonyl (C=O) groups is 2. The minimum Gasteiger partial charge on any atom is -0.459 e. The number of rotatable bonds is 5. The van der Waals surface area contributed by atoms with Gasteiger partial charge in [-0.25, -0.2) is 4.79 Å². The van der Waals surface area contributed by atoms with E-state index in [1.54, 1.807) is 50.5 Å². The third-order valence-corrected chi connectivity index (χ3v) is 3.45. The number of nitrogens with one attached hydrogen (secondary N) is 1. The van der Waals surface area contributed by atoms with Crippen LogP contribution in [-0.4, -0.2) is 40.6 Å². The van der Waals surface area contributed by atoms with Crippen LogP contribution in [0.2, 0.25) is 0 Å². The van der Waals surface area contributed by atoms with Crippen LogP contribution in [0.4, 0.5) is 5.69 Å². The van der Waals surface area contributed by atoms with E-state index in [0.717, 1.165) is 4.68 Å². The Kier molecular flexibility index (Phi) is 4.70. The van der Waals surface area contributed by atoms with E-state index in [1.807, 2.05) is 0 Å². The highest BCUT2D eigenvalue weighted by Crippen LogP contribution is 2.15. The molecule has 9 nitrogen and oxygen atoms in total. The lowest BCUT2D eigenvalue weighted by Crippen LogP contribution is -2.26. The maximum absolute atomic E-state index is 12.1. The van der Waals surface area contributed by atoms with E-state index in [1.165, 1.54) is 11.2 Å². The Morgan fingerprint density at radius 1 is 1.19 bits per heavy atom. The molecule has 0 atom stereocenters. The SMILES string of the molecule is CN(C)C(=O)c1ccc(NC(=O)Cn2nc(-c3ccco3)oc2=O)cc1. The summed E-state index contributed by atoms with van der Waals surface area (Å²) in [5, 5.41) is 6.55. The average Bonchev–Trinajstić information content (AvgIpc) is 3.25. The molecule has 0 spiro atoms. The van der Waals surface area contributed by atoms with Gasteiger partial charge in [-0.3, -0.25) is 9.59 Å². The first-order valence-corrected chi connectivity index (χ1v) is 7.67. The van der Waals surface area contributed by atoms with E-state index >= 15 is 0 Å². The second-order valence-electron chi connectivity index (χ2n) is 5.63. The molecule has 0 bridgehead atoms. The molecule has 9 heteroatoms. The first-order chi connectivity index (χ1) is 12.4. The van der Waals surface area contributed by atoms with Gasteiger partial charge in [0.2, 0.25) is 5.91 Å². The third kappa shape index (κ3) is 3.72. The van der Waals surface area contributed by atoms with E-state index in [-0.39, 0.29) is 18.3 Å². The van der Waals surface area contributed by atoms with E-state index in [2.05, 4.69) is 10.4 Å². The van der Waals surface area contributed by atoms with Gasteiger partial charge < -0.3 is 19.1 Å². The summed E-state index contributed by atoms with van der Waals surface area (Å²) < 4.78 is 11.0. The van der Waals surface area contributed by atoms with Crippen molar-refractivity contribution in [1.29, 1.82) is 0 Å². The van der Waals surface area contributed by atoms with Crippen molar-refractivity contribution in [3.8, 4) is 11.7 Å². The van der Waals surface area contributed by atoms with Gasteiger partial charge in [-0.05, 0) is 36.4 Å². The Hall–Kier alpha value is -3.62. The topological polar surface area (TPSA) is 111 Å².